The second-order valence-corrected chi connectivity index (χ2v) is 10.7. The molecule has 1 aromatic carbocycles. The summed E-state index contributed by atoms with van der Waals surface area (Å²) in [7, 11) is 0. The highest BCUT2D eigenvalue weighted by Gasteiger charge is 2.25. The van der Waals surface area contributed by atoms with E-state index in [1.54, 1.807) is 0 Å². The molecule has 0 radical (unpaired) electrons. The van der Waals surface area contributed by atoms with E-state index in [1.165, 1.54) is 22.7 Å². The Morgan fingerprint density at radius 2 is 1.97 bits per heavy atom. The van der Waals surface area contributed by atoms with Crippen LogP contribution < -0.4 is 16.2 Å². The Balaban J connectivity index is 1.30. The summed E-state index contributed by atoms with van der Waals surface area (Å²) in [6.45, 7) is 5.68. The molecule has 6 nitrogen and oxygen atoms in total. The van der Waals surface area contributed by atoms with Crippen molar-refractivity contribution in [2.75, 3.05) is 11.9 Å². The van der Waals surface area contributed by atoms with Crippen molar-refractivity contribution in [3.63, 3.8) is 0 Å². The molecule has 2 aliphatic rings. The molecule has 1 fully saturated rings. The highest BCUT2D eigenvalue weighted by atomic mass is 32.1. The lowest BCUT2D eigenvalue weighted by molar-refractivity contribution is 0.0946. The molecule has 1 saturated carbocycles. The van der Waals surface area contributed by atoms with Gasteiger partial charge >= 0.3 is 0 Å². The van der Waals surface area contributed by atoms with Crippen molar-refractivity contribution in [2.45, 2.75) is 64.5 Å². The summed E-state index contributed by atoms with van der Waals surface area (Å²) >= 11 is 1.43. The topological polar surface area (TPSA) is 76.0 Å². The van der Waals surface area contributed by atoms with Gasteiger partial charge in [-0.2, -0.15) is 0 Å². The minimum absolute atomic E-state index is 0.0456. The molecule has 2 N–H and O–H groups in total. The molecule has 0 bridgehead atoms. The fourth-order valence-corrected chi connectivity index (χ4v) is 5.81. The van der Waals surface area contributed by atoms with Crippen LogP contribution in [0.5, 0.6) is 0 Å². The molecular formula is C27H32N4O2S. The lowest BCUT2D eigenvalue weighted by atomic mass is 9.80. The number of anilines is 1. The van der Waals surface area contributed by atoms with Gasteiger partial charge in [-0.25, -0.2) is 4.37 Å². The van der Waals surface area contributed by atoms with E-state index in [-0.39, 0.29) is 17.5 Å². The molecule has 178 valence electrons. The van der Waals surface area contributed by atoms with Crippen molar-refractivity contribution >= 4 is 23.1 Å². The first kappa shape index (κ1) is 22.8. The Hall–Kier alpha value is -2.93. The zero-order chi connectivity index (χ0) is 23.7. The third-order valence-corrected chi connectivity index (χ3v) is 7.61. The normalized spacial score (nSPS) is 20.1. The quantitative estimate of drug-likeness (QED) is 0.522. The predicted octanol–water partition coefficient (Wildman–Crippen LogP) is 5.05. The molecule has 34 heavy (non-hydrogen) atoms. The molecule has 5 rings (SSSR count). The van der Waals surface area contributed by atoms with Crippen molar-refractivity contribution in [2.24, 2.45) is 5.92 Å². The van der Waals surface area contributed by atoms with E-state index in [1.807, 2.05) is 34.5 Å². The summed E-state index contributed by atoms with van der Waals surface area (Å²) in [5.41, 5.74) is 6.16. The van der Waals surface area contributed by atoms with Gasteiger partial charge in [-0.05, 0) is 78.7 Å². The smallest absolute Gasteiger partial charge is 0.273 e. The van der Waals surface area contributed by atoms with Crippen LogP contribution in [-0.4, -0.2) is 27.4 Å². The van der Waals surface area contributed by atoms with Crippen LogP contribution in [-0.2, 0) is 13.0 Å². The predicted molar refractivity (Wildman–Crippen MR) is 138 cm³/mol. The van der Waals surface area contributed by atoms with Crippen molar-refractivity contribution in [3.05, 3.63) is 69.1 Å². The van der Waals surface area contributed by atoms with Crippen LogP contribution in [0.1, 0.15) is 66.9 Å². The van der Waals surface area contributed by atoms with E-state index in [0.717, 1.165) is 55.3 Å². The van der Waals surface area contributed by atoms with Gasteiger partial charge in [-0.3, -0.25) is 9.59 Å². The van der Waals surface area contributed by atoms with Gasteiger partial charge in [-0.1, -0.05) is 26.0 Å². The molecule has 0 atom stereocenters. The van der Waals surface area contributed by atoms with Gasteiger partial charge in [0.1, 0.15) is 5.69 Å². The number of carbonyl (C=O) groups excluding carboxylic acids is 1. The summed E-state index contributed by atoms with van der Waals surface area (Å²) in [5, 5.41) is 8.53. The van der Waals surface area contributed by atoms with E-state index < -0.39 is 0 Å². The summed E-state index contributed by atoms with van der Waals surface area (Å²) in [5.74, 6) is 0.943. The van der Waals surface area contributed by atoms with Gasteiger partial charge in [-0.15, -0.1) is 0 Å². The average Bonchev–Trinajstić information content (AvgIpc) is 3.37. The zero-order valence-electron chi connectivity index (χ0n) is 19.8. The SMILES string of the molecule is CC(C)Cn1cc(-c2cnsc2)cc(N[C@H]2CC[C@@H](c3ccc4c(c3)CCNC4=O)CC2)c1=O. The van der Waals surface area contributed by atoms with Gasteiger partial charge in [0, 0.05) is 53.6 Å². The van der Waals surface area contributed by atoms with E-state index in [4.69, 9.17) is 0 Å². The standard InChI is InChI=1S/C27H32N4O2S/c1-17(2)14-31-15-21(22-13-29-34-16-22)12-25(27(31)33)30-23-6-3-18(4-7-23)19-5-8-24-20(11-19)9-10-28-26(24)32/h5,8,11-13,15-18,23,30H,3-4,6-7,9-10,14H2,1-2H3,(H,28,32)/t18-,23+. The summed E-state index contributed by atoms with van der Waals surface area (Å²) in [6, 6.07) is 8.64. The molecular weight excluding hydrogens is 444 g/mol. The Kier molecular flexibility index (Phi) is 6.55. The summed E-state index contributed by atoms with van der Waals surface area (Å²) < 4.78 is 6.08. The third kappa shape index (κ3) is 4.80. The van der Waals surface area contributed by atoms with Crippen LogP contribution in [0, 0.1) is 5.92 Å². The molecule has 1 aliphatic heterocycles. The van der Waals surface area contributed by atoms with E-state index in [2.05, 4.69) is 41.0 Å². The van der Waals surface area contributed by atoms with Crippen molar-refractivity contribution in [1.29, 1.82) is 0 Å². The maximum atomic E-state index is 13.2. The Bertz CT molecular complexity index is 1220. The molecule has 3 aromatic rings. The number of carbonyl (C=O) groups is 1. The Morgan fingerprint density at radius 1 is 1.15 bits per heavy atom. The number of nitrogens with one attached hydrogen (secondary N) is 2. The van der Waals surface area contributed by atoms with Crippen molar-refractivity contribution in [1.82, 2.24) is 14.3 Å². The molecule has 0 unspecified atom stereocenters. The van der Waals surface area contributed by atoms with Crippen LogP contribution in [0.2, 0.25) is 0 Å². The Labute approximate surface area is 204 Å². The minimum atomic E-state index is 0.0456. The highest BCUT2D eigenvalue weighted by molar-refractivity contribution is 7.03. The molecule has 1 aliphatic carbocycles. The van der Waals surface area contributed by atoms with Crippen LogP contribution in [0.4, 0.5) is 5.69 Å². The van der Waals surface area contributed by atoms with Gasteiger partial charge in [0.15, 0.2) is 0 Å². The molecule has 0 saturated heterocycles. The number of hydrogen-bond donors (Lipinski definition) is 2. The molecule has 1 amide bonds. The number of fused-ring (bicyclic) bond motifs is 1. The zero-order valence-corrected chi connectivity index (χ0v) is 20.7. The van der Waals surface area contributed by atoms with Crippen molar-refractivity contribution < 1.29 is 4.79 Å². The molecule has 3 heterocycles. The number of rotatable bonds is 6. The number of hydrogen-bond acceptors (Lipinski definition) is 5. The van der Waals surface area contributed by atoms with Gasteiger partial charge in [0.25, 0.3) is 11.5 Å². The maximum Gasteiger partial charge on any atom is 0.273 e. The number of benzene rings is 1. The fraction of sp³-hybridized carbons (Fsp3) is 0.444. The number of aromatic nitrogens is 2. The van der Waals surface area contributed by atoms with E-state index in [0.29, 0.717) is 24.1 Å². The van der Waals surface area contributed by atoms with Crippen LogP contribution in [0.25, 0.3) is 11.1 Å². The summed E-state index contributed by atoms with van der Waals surface area (Å²) in [4.78, 5) is 25.3. The average molecular weight is 477 g/mol. The Morgan fingerprint density at radius 3 is 2.71 bits per heavy atom. The third-order valence-electron chi connectivity index (χ3n) is 7.03. The second kappa shape index (κ2) is 9.74. The minimum Gasteiger partial charge on any atom is -0.378 e. The van der Waals surface area contributed by atoms with Gasteiger partial charge in [0.2, 0.25) is 0 Å². The number of nitrogens with zero attached hydrogens (tertiary/aromatic N) is 2. The lowest BCUT2D eigenvalue weighted by Gasteiger charge is -2.31. The van der Waals surface area contributed by atoms with Crippen LogP contribution in [0.3, 0.4) is 0 Å². The maximum absolute atomic E-state index is 13.2. The van der Waals surface area contributed by atoms with Crippen LogP contribution in [0.15, 0.2) is 46.8 Å². The van der Waals surface area contributed by atoms with Gasteiger partial charge < -0.3 is 15.2 Å². The molecule has 0 spiro atoms. The molecule has 7 heteroatoms. The van der Waals surface area contributed by atoms with Gasteiger partial charge in [0.05, 0.1) is 0 Å². The van der Waals surface area contributed by atoms with Crippen LogP contribution >= 0.6 is 11.5 Å². The number of pyridine rings is 1. The summed E-state index contributed by atoms with van der Waals surface area (Å²) in [6.07, 6.45) is 8.94. The monoisotopic (exact) mass is 476 g/mol. The van der Waals surface area contributed by atoms with Crippen molar-refractivity contribution in [3.8, 4) is 11.1 Å². The fourth-order valence-electron chi connectivity index (χ4n) is 5.27. The first-order valence-corrected chi connectivity index (χ1v) is 13.1. The van der Waals surface area contributed by atoms with E-state index in [9.17, 15) is 9.59 Å². The van der Waals surface area contributed by atoms with E-state index >= 15 is 0 Å². The first-order valence-electron chi connectivity index (χ1n) is 12.3. The lowest BCUT2D eigenvalue weighted by Crippen LogP contribution is -2.32. The highest BCUT2D eigenvalue weighted by Crippen LogP contribution is 2.35. The second-order valence-electron chi connectivity index (χ2n) is 10.0. The molecule has 2 aromatic heterocycles. The first-order chi connectivity index (χ1) is 16.5. The largest absolute Gasteiger partial charge is 0.378 e. The number of amides is 1.